The van der Waals surface area contributed by atoms with Crippen LogP contribution in [-0.4, -0.2) is 42.0 Å². The largest absolute Gasteiger partial charge is 0.497 e. The van der Waals surface area contributed by atoms with E-state index in [-0.39, 0.29) is 11.6 Å². The molecular weight excluding hydrogens is 372 g/mol. The molecule has 1 heterocycles. The standard InChI is InChI=1S/C22H26N2O5/c1-15-10-12-23(13-11-15)22(25)16(2)29-21-9-6-18(24(26)27)14-20(21)17-4-7-19(28-3)8-5-17/h4-9,14-16H,10-13H2,1-3H3/t16-/m1/s1. The molecule has 0 unspecified atom stereocenters. The Labute approximate surface area is 170 Å². The van der Waals surface area contributed by atoms with Crippen LogP contribution in [0.4, 0.5) is 5.69 Å². The summed E-state index contributed by atoms with van der Waals surface area (Å²) in [5.41, 5.74) is 1.27. The van der Waals surface area contributed by atoms with Gasteiger partial charge in [-0.15, -0.1) is 0 Å². The molecule has 7 heteroatoms. The minimum Gasteiger partial charge on any atom is -0.497 e. The molecule has 1 fully saturated rings. The lowest BCUT2D eigenvalue weighted by molar-refractivity contribution is -0.384. The molecule has 0 saturated carbocycles. The summed E-state index contributed by atoms with van der Waals surface area (Å²) in [4.78, 5) is 25.4. The van der Waals surface area contributed by atoms with Crippen LogP contribution < -0.4 is 9.47 Å². The number of nitrogens with zero attached hydrogens (tertiary/aromatic N) is 2. The number of likely N-dealkylation sites (tertiary alicyclic amines) is 1. The number of methoxy groups -OCH3 is 1. The minimum atomic E-state index is -0.679. The number of nitro benzene ring substituents is 1. The molecular formula is C22H26N2O5. The molecule has 1 atom stereocenters. The first-order valence-corrected chi connectivity index (χ1v) is 9.77. The Kier molecular flexibility index (Phi) is 6.36. The van der Waals surface area contributed by atoms with Crippen LogP contribution in [0.5, 0.6) is 11.5 Å². The summed E-state index contributed by atoms with van der Waals surface area (Å²) >= 11 is 0. The molecule has 1 saturated heterocycles. The van der Waals surface area contributed by atoms with E-state index >= 15 is 0 Å². The highest BCUT2D eigenvalue weighted by Gasteiger charge is 2.26. The van der Waals surface area contributed by atoms with Gasteiger partial charge in [-0.05, 0) is 49.4 Å². The van der Waals surface area contributed by atoms with Crippen molar-refractivity contribution in [1.29, 1.82) is 0 Å². The fourth-order valence-corrected chi connectivity index (χ4v) is 3.46. The monoisotopic (exact) mass is 398 g/mol. The average Bonchev–Trinajstić information content (AvgIpc) is 2.74. The maximum atomic E-state index is 12.8. The van der Waals surface area contributed by atoms with E-state index in [0.29, 0.717) is 23.0 Å². The van der Waals surface area contributed by atoms with Crippen molar-refractivity contribution in [3.8, 4) is 22.6 Å². The van der Waals surface area contributed by atoms with Gasteiger partial charge in [0.25, 0.3) is 11.6 Å². The second kappa shape index (κ2) is 8.94. The predicted octanol–water partition coefficient (Wildman–Crippen LogP) is 4.30. The lowest BCUT2D eigenvalue weighted by Crippen LogP contribution is -2.44. The van der Waals surface area contributed by atoms with E-state index in [2.05, 4.69) is 6.92 Å². The maximum absolute atomic E-state index is 12.8. The number of piperidine rings is 1. The molecule has 29 heavy (non-hydrogen) atoms. The smallest absolute Gasteiger partial charge is 0.270 e. The zero-order valence-corrected chi connectivity index (χ0v) is 17.0. The van der Waals surface area contributed by atoms with Crippen LogP contribution >= 0.6 is 0 Å². The Hall–Kier alpha value is -3.09. The topological polar surface area (TPSA) is 81.9 Å². The first-order valence-electron chi connectivity index (χ1n) is 9.77. The van der Waals surface area contributed by atoms with Gasteiger partial charge in [-0.2, -0.15) is 0 Å². The van der Waals surface area contributed by atoms with Gasteiger partial charge in [-0.1, -0.05) is 19.1 Å². The minimum absolute atomic E-state index is 0.0350. The fourth-order valence-electron chi connectivity index (χ4n) is 3.46. The van der Waals surface area contributed by atoms with Crippen molar-refractivity contribution in [3.63, 3.8) is 0 Å². The highest BCUT2D eigenvalue weighted by Crippen LogP contribution is 2.35. The molecule has 0 aromatic heterocycles. The van der Waals surface area contributed by atoms with Crippen LogP contribution in [0.15, 0.2) is 42.5 Å². The summed E-state index contributed by atoms with van der Waals surface area (Å²) < 4.78 is 11.2. The van der Waals surface area contributed by atoms with Gasteiger partial charge in [0.05, 0.1) is 12.0 Å². The summed E-state index contributed by atoms with van der Waals surface area (Å²) in [6, 6.07) is 11.6. The van der Waals surface area contributed by atoms with Crippen molar-refractivity contribution in [2.24, 2.45) is 5.92 Å². The van der Waals surface area contributed by atoms with E-state index in [4.69, 9.17) is 9.47 Å². The highest BCUT2D eigenvalue weighted by molar-refractivity contribution is 5.82. The zero-order chi connectivity index (χ0) is 21.0. The van der Waals surface area contributed by atoms with Crippen molar-refractivity contribution >= 4 is 11.6 Å². The summed E-state index contributed by atoms with van der Waals surface area (Å²) in [5, 5.41) is 11.2. The van der Waals surface area contributed by atoms with Crippen LogP contribution in [0.2, 0.25) is 0 Å². The average molecular weight is 398 g/mol. The van der Waals surface area contributed by atoms with Gasteiger partial charge in [0.15, 0.2) is 6.10 Å². The maximum Gasteiger partial charge on any atom is 0.270 e. The van der Waals surface area contributed by atoms with Gasteiger partial charge in [-0.3, -0.25) is 14.9 Å². The molecule has 154 valence electrons. The number of ether oxygens (including phenoxy) is 2. The fraction of sp³-hybridized carbons (Fsp3) is 0.409. The Balaban J connectivity index is 1.85. The van der Waals surface area contributed by atoms with E-state index in [1.807, 2.05) is 17.0 Å². The van der Waals surface area contributed by atoms with E-state index in [9.17, 15) is 14.9 Å². The third kappa shape index (κ3) is 4.85. The highest BCUT2D eigenvalue weighted by atomic mass is 16.6. The van der Waals surface area contributed by atoms with Gasteiger partial charge >= 0.3 is 0 Å². The van der Waals surface area contributed by atoms with Crippen LogP contribution in [0.3, 0.4) is 0 Å². The van der Waals surface area contributed by atoms with Crippen molar-refractivity contribution in [2.75, 3.05) is 20.2 Å². The van der Waals surface area contributed by atoms with Gasteiger partial charge < -0.3 is 14.4 Å². The van der Waals surface area contributed by atoms with Gasteiger partial charge in [0.1, 0.15) is 11.5 Å². The molecule has 0 bridgehead atoms. The first-order chi connectivity index (χ1) is 13.9. The second-order valence-electron chi connectivity index (χ2n) is 7.43. The van der Waals surface area contributed by atoms with E-state index in [0.717, 1.165) is 31.5 Å². The number of carbonyl (C=O) groups is 1. The summed E-state index contributed by atoms with van der Waals surface area (Å²) in [7, 11) is 1.57. The molecule has 3 rings (SSSR count). The molecule has 0 spiro atoms. The SMILES string of the molecule is COc1ccc(-c2cc([N+](=O)[O-])ccc2O[C@H](C)C(=O)N2CCC(C)CC2)cc1. The predicted molar refractivity (Wildman–Crippen MR) is 110 cm³/mol. The third-order valence-corrected chi connectivity index (χ3v) is 5.32. The molecule has 1 aliphatic heterocycles. The number of benzene rings is 2. The quantitative estimate of drug-likeness (QED) is 0.535. The number of rotatable bonds is 6. The van der Waals surface area contributed by atoms with Gasteiger partial charge in [0, 0.05) is 30.8 Å². The van der Waals surface area contributed by atoms with Crippen LogP contribution in [-0.2, 0) is 4.79 Å². The van der Waals surface area contributed by atoms with Crippen molar-refractivity contribution < 1.29 is 19.2 Å². The number of nitro groups is 1. The number of amides is 1. The van der Waals surface area contributed by atoms with E-state index < -0.39 is 11.0 Å². The number of hydrogen-bond acceptors (Lipinski definition) is 5. The van der Waals surface area contributed by atoms with Crippen molar-refractivity contribution in [1.82, 2.24) is 4.90 Å². The number of hydrogen-bond donors (Lipinski definition) is 0. The Morgan fingerprint density at radius 2 is 1.83 bits per heavy atom. The van der Waals surface area contributed by atoms with Crippen LogP contribution in [0.25, 0.3) is 11.1 Å². The lowest BCUT2D eigenvalue weighted by atomic mass is 9.99. The van der Waals surface area contributed by atoms with E-state index in [1.54, 1.807) is 32.2 Å². The third-order valence-electron chi connectivity index (χ3n) is 5.32. The molecule has 7 nitrogen and oxygen atoms in total. The Morgan fingerprint density at radius 3 is 2.41 bits per heavy atom. The first kappa shape index (κ1) is 20.6. The normalized spacial score (nSPS) is 15.6. The number of non-ortho nitro benzene ring substituents is 1. The molecule has 2 aromatic carbocycles. The molecule has 1 aliphatic rings. The molecule has 1 amide bonds. The van der Waals surface area contributed by atoms with Crippen LogP contribution in [0, 0.1) is 16.0 Å². The molecule has 0 aliphatic carbocycles. The Morgan fingerprint density at radius 1 is 1.17 bits per heavy atom. The molecule has 2 aromatic rings. The molecule has 0 radical (unpaired) electrons. The number of carbonyl (C=O) groups excluding carboxylic acids is 1. The van der Waals surface area contributed by atoms with Gasteiger partial charge in [0.2, 0.25) is 0 Å². The van der Waals surface area contributed by atoms with Crippen LogP contribution in [0.1, 0.15) is 26.7 Å². The summed E-state index contributed by atoms with van der Waals surface area (Å²) in [6.07, 6.45) is 1.31. The van der Waals surface area contributed by atoms with Crippen molar-refractivity contribution in [2.45, 2.75) is 32.8 Å². The molecule has 0 N–H and O–H groups in total. The van der Waals surface area contributed by atoms with Crippen molar-refractivity contribution in [3.05, 3.63) is 52.6 Å². The lowest BCUT2D eigenvalue weighted by Gasteiger charge is -2.32. The van der Waals surface area contributed by atoms with Gasteiger partial charge in [-0.25, -0.2) is 0 Å². The summed E-state index contributed by atoms with van der Waals surface area (Å²) in [6.45, 7) is 5.39. The Bertz CT molecular complexity index is 873. The zero-order valence-electron chi connectivity index (χ0n) is 17.0. The second-order valence-corrected chi connectivity index (χ2v) is 7.43. The van der Waals surface area contributed by atoms with E-state index in [1.165, 1.54) is 12.1 Å². The summed E-state index contributed by atoms with van der Waals surface area (Å²) in [5.74, 6) is 1.69.